The Hall–Kier alpha value is -1.97. The average Bonchev–Trinajstić information content (AvgIpc) is 2.60. The Kier molecular flexibility index (Phi) is 5.69. The van der Waals surface area contributed by atoms with Crippen LogP contribution < -0.4 is 5.43 Å². The van der Waals surface area contributed by atoms with Gasteiger partial charge in [0.2, 0.25) is 10.0 Å². The van der Waals surface area contributed by atoms with Gasteiger partial charge in [-0.2, -0.15) is 9.41 Å². The number of methoxy groups -OCH3 is 1. The molecule has 23 heavy (non-hydrogen) atoms. The van der Waals surface area contributed by atoms with Gasteiger partial charge in [0.15, 0.2) is 0 Å². The minimum atomic E-state index is -3.51. The molecular formula is C14H19N3O5S. The van der Waals surface area contributed by atoms with E-state index in [4.69, 9.17) is 4.74 Å². The molecule has 1 N–H and O–H groups in total. The maximum absolute atomic E-state index is 12.5. The Labute approximate surface area is 135 Å². The smallest absolute Gasteiger partial charge is 0.427 e. The number of hydrazone groups is 1. The van der Waals surface area contributed by atoms with Gasteiger partial charge < -0.3 is 9.47 Å². The summed E-state index contributed by atoms with van der Waals surface area (Å²) in [5.74, 6) is 0. The van der Waals surface area contributed by atoms with Crippen LogP contribution in [-0.2, 0) is 19.5 Å². The third-order valence-electron chi connectivity index (χ3n) is 3.38. The van der Waals surface area contributed by atoms with E-state index in [1.807, 2.05) is 0 Å². The molecule has 1 aliphatic rings. The first kappa shape index (κ1) is 17.4. The molecule has 0 saturated carbocycles. The van der Waals surface area contributed by atoms with Gasteiger partial charge in [0.05, 0.1) is 30.9 Å². The van der Waals surface area contributed by atoms with E-state index in [9.17, 15) is 13.2 Å². The fourth-order valence-electron chi connectivity index (χ4n) is 2.04. The van der Waals surface area contributed by atoms with Gasteiger partial charge in [0, 0.05) is 13.1 Å². The third kappa shape index (κ3) is 4.27. The summed E-state index contributed by atoms with van der Waals surface area (Å²) in [6.07, 6.45) is -0.670. The van der Waals surface area contributed by atoms with Crippen molar-refractivity contribution in [1.82, 2.24) is 9.73 Å². The lowest BCUT2D eigenvalue weighted by Gasteiger charge is -2.26. The van der Waals surface area contributed by atoms with Crippen LogP contribution in [0.3, 0.4) is 0 Å². The molecule has 0 spiro atoms. The Bertz CT molecular complexity index is 679. The number of carbonyl (C=O) groups excluding carboxylic acids is 1. The number of nitrogens with one attached hydrogen (secondary N) is 1. The van der Waals surface area contributed by atoms with Crippen LogP contribution in [0.1, 0.15) is 12.5 Å². The summed E-state index contributed by atoms with van der Waals surface area (Å²) in [5.41, 5.74) is 3.44. The molecule has 0 bridgehead atoms. The van der Waals surface area contributed by atoms with E-state index in [1.54, 1.807) is 19.1 Å². The first-order chi connectivity index (χ1) is 10.9. The van der Waals surface area contributed by atoms with Crippen molar-refractivity contribution in [1.29, 1.82) is 0 Å². The molecule has 1 saturated heterocycles. The van der Waals surface area contributed by atoms with Gasteiger partial charge in [-0.3, -0.25) is 0 Å². The van der Waals surface area contributed by atoms with Crippen molar-refractivity contribution >= 4 is 21.8 Å². The van der Waals surface area contributed by atoms with Crippen molar-refractivity contribution in [2.24, 2.45) is 5.10 Å². The van der Waals surface area contributed by atoms with Gasteiger partial charge in [-0.1, -0.05) is 12.1 Å². The highest BCUT2D eigenvalue weighted by Gasteiger charge is 2.26. The predicted octanol–water partition coefficient (Wildman–Crippen LogP) is 0.787. The zero-order valence-corrected chi connectivity index (χ0v) is 13.8. The number of ether oxygens (including phenoxy) is 2. The molecule has 1 heterocycles. The van der Waals surface area contributed by atoms with Crippen LogP contribution in [0.5, 0.6) is 0 Å². The highest BCUT2D eigenvalue weighted by atomic mass is 32.2. The summed E-state index contributed by atoms with van der Waals surface area (Å²) >= 11 is 0. The number of hydrogen-bond donors (Lipinski definition) is 1. The monoisotopic (exact) mass is 341 g/mol. The second-order valence-electron chi connectivity index (χ2n) is 4.84. The van der Waals surface area contributed by atoms with Gasteiger partial charge in [0.1, 0.15) is 0 Å². The Morgan fingerprint density at radius 3 is 2.43 bits per heavy atom. The predicted molar refractivity (Wildman–Crippen MR) is 83.8 cm³/mol. The zero-order chi connectivity index (χ0) is 16.9. The molecule has 8 nitrogen and oxygen atoms in total. The van der Waals surface area contributed by atoms with Crippen LogP contribution in [0, 0.1) is 0 Å². The van der Waals surface area contributed by atoms with Gasteiger partial charge in [0.25, 0.3) is 0 Å². The van der Waals surface area contributed by atoms with Crippen LogP contribution >= 0.6 is 0 Å². The first-order valence-electron chi connectivity index (χ1n) is 7.01. The summed E-state index contributed by atoms with van der Waals surface area (Å²) in [6, 6.07) is 6.34. The topological polar surface area (TPSA) is 97.3 Å². The van der Waals surface area contributed by atoms with E-state index in [-0.39, 0.29) is 4.90 Å². The van der Waals surface area contributed by atoms with E-state index in [0.717, 1.165) is 0 Å². The van der Waals surface area contributed by atoms with E-state index in [1.165, 1.54) is 23.5 Å². The summed E-state index contributed by atoms with van der Waals surface area (Å²) in [4.78, 5) is 11.2. The van der Waals surface area contributed by atoms with Crippen molar-refractivity contribution in [2.45, 2.75) is 11.8 Å². The Morgan fingerprint density at radius 2 is 1.87 bits per heavy atom. The van der Waals surface area contributed by atoms with Gasteiger partial charge >= 0.3 is 6.09 Å². The normalized spacial score (nSPS) is 16.9. The second kappa shape index (κ2) is 7.53. The molecule has 1 aliphatic heterocycles. The molecule has 0 atom stereocenters. The summed E-state index contributed by atoms with van der Waals surface area (Å²) in [7, 11) is -2.27. The number of nitrogens with zero attached hydrogens (tertiary/aromatic N) is 2. The largest absolute Gasteiger partial charge is 0.452 e. The molecule has 2 rings (SSSR count). The van der Waals surface area contributed by atoms with Crippen LogP contribution in [0.15, 0.2) is 34.3 Å². The Morgan fingerprint density at radius 1 is 1.26 bits per heavy atom. The van der Waals surface area contributed by atoms with E-state index >= 15 is 0 Å². The maximum atomic E-state index is 12.5. The molecule has 1 aromatic carbocycles. The van der Waals surface area contributed by atoms with Crippen LogP contribution in [0.25, 0.3) is 0 Å². The number of hydrogen-bond acceptors (Lipinski definition) is 6. The zero-order valence-electron chi connectivity index (χ0n) is 13.0. The number of benzene rings is 1. The molecule has 0 aromatic heterocycles. The molecule has 1 fully saturated rings. The molecule has 0 radical (unpaired) electrons. The van der Waals surface area contributed by atoms with E-state index in [0.29, 0.717) is 37.6 Å². The fraction of sp³-hybridized carbons (Fsp3) is 0.429. The van der Waals surface area contributed by atoms with Crippen molar-refractivity contribution < 1.29 is 22.7 Å². The minimum absolute atomic E-state index is 0.219. The highest BCUT2D eigenvalue weighted by molar-refractivity contribution is 7.89. The van der Waals surface area contributed by atoms with E-state index in [2.05, 4.69) is 15.3 Å². The van der Waals surface area contributed by atoms with Crippen LogP contribution in [0.4, 0.5) is 4.79 Å². The summed E-state index contributed by atoms with van der Waals surface area (Å²) in [6.45, 7) is 3.22. The molecule has 126 valence electrons. The number of carbonyl (C=O) groups is 1. The molecule has 0 unspecified atom stereocenters. The number of sulfonamides is 1. The third-order valence-corrected chi connectivity index (χ3v) is 5.29. The van der Waals surface area contributed by atoms with Crippen molar-refractivity contribution in [2.75, 3.05) is 33.4 Å². The van der Waals surface area contributed by atoms with Crippen molar-refractivity contribution in [3.8, 4) is 0 Å². The lowest BCUT2D eigenvalue weighted by Crippen LogP contribution is -2.40. The quantitative estimate of drug-likeness (QED) is 0.645. The molecule has 1 amide bonds. The first-order valence-corrected chi connectivity index (χ1v) is 8.45. The van der Waals surface area contributed by atoms with Crippen molar-refractivity contribution in [3.05, 3.63) is 29.8 Å². The van der Waals surface area contributed by atoms with E-state index < -0.39 is 16.1 Å². The molecule has 9 heteroatoms. The number of amides is 1. The van der Waals surface area contributed by atoms with Crippen molar-refractivity contribution in [3.63, 3.8) is 0 Å². The summed E-state index contributed by atoms with van der Waals surface area (Å²) in [5, 5.41) is 3.86. The van der Waals surface area contributed by atoms with Gasteiger partial charge in [-0.25, -0.2) is 18.6 Å². The number of rotatable bonds is 4. The molecule has 0 aliphatic carbocycles. The van der Waals surface area contributed by atoms with Crippen LogP contribution in [0.2, 0.25) is 0 Å². The lowest BCUT2D eigenvalue weighted by atomic mass is 10.1. The summed E-state index contributed by atoms with van der Waals surface area (Å²) < 4.78 is 36.0. The molecular weight excluding hydrogens is 322 g/mol. The van der Waals surface area contributed by atoms with Gasteiger partial charge in [-0.15, -0.1) is 0 Å². The second-order valence-corrected chi connectivity index (χ2v) is 6.78. The van der Waals surface area contributed by atoms with Crippen LogP contribution in [-0.4, -0.2) is 57.9 Å². The standard InChI is InChI=1S/C14H19N3O5S/c1-11(15-16-14(18)21-2)12-3-5-13(6-4-12)23(19,20)17-7-9-22-10-8-17/h3-6H,7-10H2,1-2H3,(H,16,18)/b15-11+. The lowest BCUT2D eigenvalue weighted by molar-refractivity contribution is 0.0730. The Balaban J connectivity index is 2.14. The molecule has 1 aromatic rings. The minimum Gasteiger partial charge on any atom is -0.452 e. The maximum Gasteiger partial charge on any atom is 0.427 e. The SMILES string of the molecule is COC(=O)N/N=C(\C)c1ccc(S(=O)(=O)N2CCOCC2)cc1. The fourth-order valence-corrected chi connectivity index (χ4v) is 3.45. The number of morpholine rings is 1. The van der Waals surface area contributed by atoms with Gasteiger partial charge in [-0.05, 0) is 24.6 Å². The highest BCUT2D eigenvalue weighted by Crippen LogP contribution is 2.18. The average molecular weight is 341 g/mol.